The van der Waals surface area contributed by atoms with Crippen LogP contribution >= 0.6 is 0 Å². The van der Waals surface area contributed by atoms with Gasteiger partial charge in [-0.3, -0.25) is 4.79 Å². The van der Waals surface area contributed by atoms with Crippen molar-refractivity contribution in [1.82, 2.24) is 14.9 Å². The molecule has 0 aliphatic carbocycles. The first-order valence-electron chi connectivity index (χ1n) is 4.28. The van der Waals surface area contributed by atoms with Crippen molar-refractivity contribution >= 4 is 5.91 Å². The molecule has 5 nitrogen and oxygen atoms in total. The van der Waals surface area contributed by atoms with Gasteiger partial charge in [0.25, 0.3) is 0 Å². The fourth-order valence-electron chi connectivity index (χ4n) is 0.945. The standard InChI is InChI=1S/C9H12N4O/c1-7(5-10)9(14)12-6-8-11-3-4-13(8)2/h3-4,7H,6H2,1-2H3,(H,12,14). The van der Waals surface area contributed by atoms with Gasteiger partial charge in [-0.15, -0.1) is 0 Å². The fourth-order valence-corrected chi connectivity index (χ4v) is 0.945. The first-order chi connectivity index (χ1) is 6.65. The lowest BCUT2D eigenvalue weighted by molar-refractivity contribution is -0.123. The maximum Gasteiger partial charge on any atom is 0.237 e. The quantitative estimate of drug-likeness (QED) is 0.743. The number of nitrogens with zero attached hydrogens (tertiary/aromatic N) is 3. The highest BCUT2D eigenvalue weighted by atomic mass is 16.1. The third-order valence-corrected chi connectivity index (χ3v) is 1.93. The summed E-state index contributed by atoms with van der Waals surface area (Å²) in [5.74, 6) is -0.116. The SMILES string of the molecule is CC(C#N)C(=O)NCc1nccn1C. The summed E-state index contributed by atoms with van der Waals surface area (Å²) < 4.78 is 1.82. The number of hydrogen-bond donors (Lipinski definition) is 1. The zero-order chi connectivity index (χ0) is 10.6. The van der Waals surface area contributed by atoms with Gasteiger partial charge in [-0.05, 0) is 6.92 Å². The largest absolute Gasteiger partial charge is 0.348 e. The minimum Gasteiger partial charge on any atom is -0.348 e. The molecule has 0 aromatic carbocycles. The van der Waals surface area contributed by atoms with Crippen LogP contribution in [0.25, 0.3) is 0 Å². The Balaban J connectivity index is 2.46. The molecule has 0 aliphatic heterocycles. The highest BCUT2D eigenvalue weighted by Gasteiger charge is 2.11. The number of rotatable bonds is 3. The van der Waals surface area contributed by atoms with E-state index in [4.69, 9.17) is 5.26 Å². The molecule has 1 rings (SSSR count). The predicted molar refractivity (Wildman–Crippen MR) is 49.8 cm³/mol. The minimum atomic E-state index is -0.615. The number of aryl methyl sites for hydroxylation is 1. The number of imidazole rings is 1. The van der Waals surface area contributed by atoms with Crippen LogP contribution in [0.3, 0.4) is 0 Å². The van der Waals surface area contributed by atoms with Gasteiger partial charge in [0.15, 0.2) is 0 Å². The summed E-state index contributed by atoms with van der Waals surface area (Å²) >= 11 is 0. The van der Waals surface area contributed by atoms with Crippen LogP contribution in [0.15, 0.2) is 12.4 Å². The van der Waals surface area contributed by atoms with E-state index in [0.717, 1.165) is 5.82 Å². The summed E-state index contributed by atoms with van der Waals surface area (Å²) in [6.45, 7) is 1.92. The van der Waals surface area contributed by atoms with Gasteiger partial charge in [0, 0.05) is 19.4 Å². The van der Waals surface area contributed by atoms with Crippen molar-refractivity contribution in [3.8, 4) is 6.07 Å². The van der Waals surface area contributed by atoms with Gasteiger partial charge in [0.1, 0.15) is 11.7 Å². The van der Waals surface area contributed by atoms with Crippen molar-refractivity contribution in [2.45, 2.75) is 13.5 Å². The van der Waals surface area contributed by atoms with Gasteiger partial charge in [-0.1, -0.05) is 0 Å². The number of aromatic nitrogens is 2. The summed E-state index contributed by atoms with van der Waals surface area (Å²) in [5.41, 5.74) is 0. The van der Waals surface area contributed by atoms with Crippen LogP contribution in [0.5, 0.6) is 0 Å². The van der Waals surface area contributed by atoms with Crippen molar-refractivity contribution in [2.75, 3.05) is 0 Å². The Morgan fingerprint density at radius 1 is 1.86 bits per heavy atom. The Bertz CT molecular complexity index is 363. The monoisotopic (exact) mass is 192 g/mol. The Morgan fingerprint density at radius 3 is 3.07 bits per heavy atom. The summed E-state index contributed by atoms with van der Waals surface area (Å²) in [5, 5.41) is 11.1. The third-order valence-electron chi connectivity index (χ3n) is 1.93. The molecule has 0 aliphatic rings. The van der Waals surface area contributed by atoms with Crippen LogP contribution in [0.2, 0.25) is 0 Å². The van der Waals surface area contributed by atoms with Crippen LogP contribution in [-0.4, -0.2) is 15.5 Å². The predicted octanol–water partition coefficient (Wildman–Crippen LogP) is 0.196. The molecule has 0 fully saturated rings. The maximum absolute atomic E-state index is 11.2. The van der Waals surface area contributed by atoms with Gasteiger partial charge in [0.2, 0.25) is 5.91 Å². The molecule has 1 aromatic rings. The highest BCUT2D eigenvalue weighted by Crippen LogP contribution is 1.95. The van der Waals surface area contributed by atoms with Gasteiger partial charge in [0.05, 0.1) is 12.6 Å². The molecule has 1 heterocycles. The number of nitrogens with one attached hydrogen (secondary N) is 1. The van der Waals surface area contributed by atoms with Crippen molar-refractivity contribution in [1.29, 1.82) is 5.26 Å². The van der Waals surface area contributed by atoms with Gasteiger partial charge >= 0.3 is 0 Å². The molecule has 1 aromatic heterocycles. The second kappa shape index (κ2) is 4.42. The van der Waals surface area contributed by atoms with Crippen LogP contribution in [0.4, 0.5) is 0 Å². The van der Waals surface area contributed by atoms with Crippen LogP contribution in [0.1, 0.15) is 12.7 Å². The Labute approximate surface area is 82.4 Å². The number of nitriles is 1. The van der Waals surface area contributed by atoms with E-state index in [9.17, 15) is 4.79 Å². The van der Waals surface area contributed by atoms with E-state index in [1.807, 2.05) is 17.7 Å². The van der Waals surface area contributed by atoms with Crippen molar-refractivity contribution in [2.24, 2.45) is 13.0 Å². The summed E-state index contributed by atoms with van der Waals surface area (Å²) in [4.78, 5) is 15.2. The van der Waals surface area contributed by atoms with E-state index in [1.54, 1.807) is 19.3 Å². The number of carbonyl (C=O) groups excluding carboxylic acids is 1. The highest BCUT2D eigenvalue weighted by molar-refractivity contribution is 5.80. The van der Waals surface area contributed by atoms with Crippen molar-refractivity contribution in [3.05, 3.63) is 18.2 Å². The number of carbonyl (C=O) groups is 1. The van der Waals surface area contributed by atoms with Crippen molar-refractivity contribution < 1.29 is 4.79 Å². The fraction of sp³-hybridized carbons (Fsp3) is 0.444. The lowest BCUT2D eigenvalue weighted by Gasteiger charge is -2.05. The molecule has 0 radical (unpaired) electrons. The van der Waals surface area contributed by atoms with E-state index in [-0.39, 0.29) is 5.91 Å². The van der Waals surface area contributed by atoms with Crippen molar-refractivity contribution in [3.63, 3.8) is 0 Å². The molecule has 0 saturated carbocycles. The molecule has 0 spiro atoms. The molecule has 14 heavy (non-hydrogen) atoms. The summed E-state index contributed by atoms with van der Waals surface area (Å²) in [6.07, 6.45) is 3.46. The zero-order valence-electron chi connectivity index (χ0n) is 8.19. The molecule has 1 unspecified atom stereocenters. The topological polar surface area (TPSA) is 70.7 Å². The second-order valence-electron chi connectivity index (χ2n) is 3.02. The maximum atomic E-state index is 11.2. The summed E-state index contributed by atoms with van der Waals surface area (Å²) in [6, 6.07) is 1.87. The van der Waals surface area contributed by atoms with E-state index in [2.05, 4.69) is 10.3 Å². The molecular formula is C9H12N4O. The smallest absolute Gasteiger partial charge is 0.237 e. The van der Waals surface area contributed by atoms with Crippen LogP contribution in [0, 0.1) is 17.2 Å². The average Bonchev–Trinajstić information content (AvgIpc) is 2.59. The molecule has 5 heteroatoms. The minimum absolute atomic E-state index is 0.268. The number of amides is 1. The molecule has 1 amide bonds. The van der Waals surface area contributed by atoms with E-state index in [1.165, 1.54) is 0 Å². The van der Waals surface area contributed by atoms with Gasteiger partial charge in [-0.2, -0.15) is 5.26 Å². The Hall–Kier alpha value is -1.83. The Kier molecular flexibility index (Phi) is 3.24. The molecule has 0 saturated heterocycles. The van der Waals surface area contributed by atoms with Crippen LogP contribution in [-0.2, 0) is 18.4 Å². The van der Waals surface area contributed by atoms with E-state index in [0.29, 0.717) is 6.54 Å². The molecule has 1 atom stereocenters. The molecular weight excluding hydrogens is 180 g/mol. The second-order valence-corrected chi connectivity index (χ2v) is 3.02. The summed E-state index contributed by atoms with van der Waals surface area (Å²) in [7, 11) is 1.85. The van der Waals surface area contributed by atoms with Crippen LogP contribution < -0.4 is 5.32 Å². The lowest BCUT2D eigenvalue weighted by atomic mass is 10.2. The average molecular weight is 192 g/mol. The molecule has 74 valence electrons. The lowest BCUT2D eigenvalue weighted by Crippen LogP contribution is -2.28. The first-order valence-corrected chi connectivity index (χ1v) is 4.28. The Morgan fingerprint density at radius 2 is 2.57 bits per heavy atom. The molecule has 0 bridgehead atoms. The van der Waals surface area contributed by atoms with Gasteiger partial charge < -0.3 is 9.88 Å². The first kappa shape index (κ1) is 10.3. The van der Waals surface area contributed by atoms with Gasteiger partial charge in [-0.25, -0.2) is 4.98 Å². The normalized spacial score (nSPS) is 11.8. The molecule has 1 N–H and O–H groups in total. The third kappa shape index (κ3) is 2.33. The van der Waals surface area contributed by atoms with E-state index < -0.39 is 5.92 Å². The zero-order valence-corrected chi connectivity index (χ0v) is 8.19. The number of hydrogen-bond acceptors (Lipinski definition) is 3. The van der Waals surface area contributed by atoms with E-state index >= 15 is 0 Å².